The van der Waals surface area contributed by atoms with Crippen LogP contribution in [0.1, 0.15) is 39.5 Å². The van der Waals surface area contributed by atoms with Crippen LogP contribution in [0, 0.1) is 0 Å². The van der Waals surface area contributed by atoms with E-state index in [2.05, 4.69) is 23.6 Å². The lowest BCUT2D eigenvalue weighted by Crippen LogP contribution is -2.46. The van der Waals surface area contributed by atoms with Crippen LogP contribution in [-0.2, 0) is 0 Å². The number of nitrogens with zero attached hydrogens (tertiary/aromatic N) is 2. The van der Waals surface area contributed by atoms with Crippen molar-refractivity contribution in [2.75, 3.05) is 46.4 Å². The molecule has 1 aliphatic heterocycles. The van der Waals surface area contributed by atoms with Gasteiger partial charge in [0.1, 0.15) is 0 Å². The minimum absolute atomic E-state index is 1.00. The molecule has 1 fully saturated rings. The van der Waals surface area contributed by atoms with Gasteiger partial charge in [-0.3, -0.25) is 0 Å². The predicted molar refractivity (Wildman–Crippen MR) is 70.8 cm³/mol. The van der Waals surface area contributed by atoms with Crippen LogP contribution in [-0.4, -0.2) is 61.3 Å². The maximum absolute atomic E-state index is 7.00. The van der Waals surface area contributed by atoms with Crippen molar-refractivity contribution in [2.45, 2.75) is 39.5 Å². The molecule has 0 saturated carbocycles. The molecule has 0 radical (unpaired) electrons. The number of rotatable bonds is 6. The molecule has 1 aliphatic rings. The molecule has 3 heteroatoms. The van der Waals surface area contributed by atoms with Gasteiger partial charge in [0.25, 0.3) is 0 Å². The van der Waals surface area contributed by atoms with E-state index >= 15 is 0 Å². The fourth-order valence-electron chi connectivity index (χ4n) is 2.09. The molecule has 1 heterocycles. The van der Waals surface area contributed by atoms with Crippen molar-refractivity contribution in [1.29, 1.82) is 0 Å². The first-order valence-corrected chi connectivity index (χ1v) is 6.76. The van der Waals surface area contributed by atoms with Gasteiger partial charge in [-0.2, -0.15) is 0 Å². The van der Waals surface area contributed by atoms with Gasteiger partial charge < -0.3 is 14.9 Å². The third-order valence-corrected chi connectivity index (χ3v) is 3.24. The summed E-state index contributed by atoms with van der Waals surface area (Å²) < 4.78 is 0. The van der Waals surface area contributed by atoms with E-state index in [0.717, 1.165) is 7.11 Å². The van der Waals surface area contributed by atoms with Gasteiger partial charge in [0.15, 0.2) is 0 Å². The Bertz CT molecular complexity index is 134. The second-order valence-corrected chi connectivity index (χ2v) is 4.34. The molecule has 0 unspecified atom stereocenters. The summed E-state index contributed by atoms with van der Waals surface area (Å²) in [4.78, 5) is 5.17. The van der Waals surface area contributed by atoms with Crippen LogP contribution >= 0.6 is 0 Å². The Morgan fingerprint density at radius 1 is 0.812 bits per heavy atom. The molecular formula is C13H30N2O. The van der Waals surface area contributed by atoms with Crippen molar-refractivity contribution in [3.8, 4) is 0 Å². The SMILES string of the molecule is CCCCCCN1CCN(CC)CC1.CO. The molecule has 0 amide bonds. The van der Waals surface area contributed by atoms with Crippen molar-refractivity contribution >= 4 is 0 Å². The first kappa shape index (κ1) is 15.9. The zero-order valence-corrected chi connectivity index (χ0v) is 11.4. The predicted octanol–water partition coefficient (Wildman–Crippen LogP) is 1.81. The molecule has 16 heavy (non-hydrogen) atoms. The number of hydrogen-bond acceptors (Lipinski definition) is 3. The number of aliphatic hydroxyl groups excluding tert-OH is 1. The normalized spacial score (nSPS) is 18.0. The second kappa shape index (κ2) is 11.4. The molecule has 0 aromatic rings. The second-order valence-electron chi connectivity index (χ2n) is 4.34. The summed E-state index contributed by atoms with van der Waals surface area (Å²) in [5.74, 6) is 0. The largest absolute Gasteiger partial charge is 0.400 e. The average Bonchev–Trinajstić information content (AvgIpc) is 2.38. The fraction of sp³-hybridized carbons (Fsp3) is 1.00. The molecule has 0 bridgehead atoms. The summed E-state index contributed by atoms with van der Waals surface area (Å²) in [5, 5.41) is 7.00. The molecule has 3 nitrogen and oxygen atoms in total. The van der Waals surface area contributed by atoms with Crippen molar-refractivity contribution in [1.82, 2.24) is 9.80 Å². The first-order valence-electron chi connectivity index (χ1n) is 6.76. The van der Waals surface area contributed by atoms with Crippen LogP contribution in [0.2, 0.25) is 0 Å². The Kier molecular flexibility index (Phi) is 11.3. The maximum atomic E-state index is 7.00. The van der Waals surface area contributed by atoms with Gasteiger partial charge in [0, 0.05) is 33.3 Å². The van der Waals surface area contributed by atoms with E-state index in [1.807, 2.05) is 0 Å². The highest BCUT2D eigenvalue weighted by molar-refractivity contribution is 4.70. The molecule has 0 aromatic heterocycles. The summed E-state index contributed by atoms with van der Waals surface area (Å²) in [5.41, 5.74) is 0. The Morgan fingerprint density at radius 2 is 1.38 bits per heavy atom. The molecule has 0 aromatic carbocycles. The topological polar surface area (TPSA) is 26.7 Å². The third-order valence-electron chi connectivity index (χ3n) is 3.24. The van der Waals surface area contributed by atoms with Gasteiger partial charge in [-0.05, 0) is 19.5 Å². The van der Waals surface area contributed by atoms with E-state index in [9.17, 15) is 0 Å². The van der Waals surface area contributed by atoms with Gasteiger partial charge in [-0.15, -0.1) is 0 Å². The molecular weight excluding hydrogens is 200 g/mol. The number of hydrogen-bond donors (Lipinski definition) is 1. The van der Waals surface area contributed by atoms with Crippen LogP contribution in [0.4, 0.5) is 0 Å². The van der Waals surface area contributed by atoms with Crippen LogP contribution < -0.4 is 0 Å². The van der Waals surface area contributed by atoms with Gasteiger partial charge in [-0.1, -0.05) is 33.1 Å². The van der Waals surface area contributed by atoms with Crippen molar-refractivity contribution in [3.05, 3.63) is 0 Å². The van der Waals surface area contributed by atoms with E-state index in [4.69, 9.17) is 5.11 Å². The lowest BCUT2D eigenvalue weighted by atomic mass is 10.2. The lowest BCUT2D eigenvalue weighted by Gasteiger charge is -2.33. The Morgan fingerprint density at radius 3 is 1.88 bits per heavy atom. The van der Waals surface area contributed by atoms with Crippen molar-refractivity contribution < 1.29 is 5.11 Å². The smallest absolute Gasteiger partial charge is 0.0319 e. The van der Waals surface area contributed by atoms with Gasteiger partial charge in [0.05, 0.1) is 0 Å². The van der Waals surface area contributed by atoms with E-state index in [-0.39, 0.29) is 0 Å². The molecule has 0 aliphatic carbocycles. The van der Waals surface area contributed by atoms with Crippen LogP contribution in [0.5, 0.6) is 0 Å². The maximum Gasteiger partial charge on any atom is 0.0319 e. The third kappa shape index (κ3) is 7.20. The van der Waals surface area contributed by atoms with Crippen molar-refractivity contribution in [3.63, 3.8) is 0 Å². The zero-order chi connectivity index (χ0) is 12.2. The highest BCUT2D eigenvalue weighted by atomic mass is 16.2. The van der Waals surface area contributed by atoms with E-state index in [1.165, 1.54) is 65.0 Å². The van der Waals surface area contributed by atoms with E-state index in [1.54, 1.807) is 0 Å². The Balaban J connectivity index is 0.00000106. The molecule has 98 valence electrons. The molecule has 0 atom stereocenters. The number of piperazine rings is 1. The summed E-state index contributed by atoms with van der Waals surface area (Å²) >= 11 is 0. The summed E-state index contributed by atoms with van der Waals surface area (Å²) in [7, 11) is 1.00. The van der Waals surface area contributed by atoms with Gasteiger partial charge in [-0.25, -0.2) is 0 Å². The zero-order valence-electron chi connectivity index (χ0n) is 11.4. The number of aliphatic hydroxyl groups is 1. The molecule has 1 rings (SSSR count). The Labute approximate surface area is 101 Å². The average molecular weight is 230 g/mol. The van der Waals surface area contributed by atoms with Crippen LogP contribution in [0.3, 0.4) is 0 Å². The highest BCUT2D eigenvalue weighted by Gasteiger charge is 2.14. The van der Waals surface area contributed by atoms with Crippen LogP contribution in [0.15, 0.2) is 0 Å². The Hall–Kier alpha value is -0.120. The molecule has 1 saturated heterocycles. The van der Waals surface area contributed by atoms with E-state index in [0.29, 0.717) is 0 Å². The fourth-order valence-corrected chi connectivity index (χ4v) is 2.09. The summed E-state index contributed by atoms with van der Waals surface area (Å²) in [6.07, 6.45) is 5.59. The number of unbranched alkanes of at least 4 members (excludes halogenated alkanes) is 3. The van der Waals surface area contributed by atoms with E-state index < -0.39 is 0 Å². The highest BCUT2D eigenvalue weighted by Crippen LogP contribution is 2.05. The summed E-state index contributed by atoms with van der Waals surface area (Å²) in [6, 6.07) is 0. The van der Waals surface area contributed by atoms with Crippen LogP contribution in [0.25, 0.3) is 0 Å². The lowest BCUT2D eigenvalue weighted by molar-refractivity contribution is 0.135. The minimum atomic E-state index is 1.00. The quantitative estimate of drug-likeness (QED) is 0.705. The first-order chi connectivity index (χ1) is 7.86. The molecule has 0 spiro atoms. The van der Waals surface area contributed by atoms with Crippen molar-refractivity contribution in [2.24, 2.45) is 0 Å². The summed E-state index contributed by atoms with van der Waals surface area (Å²) in [6.45, 7) is 12.2. The minimum Gasteiger partial charge on any atom is -0.400 e. The number of likely N-dealkylation sites (N-methyl/N-ethyl adjacent to an activating group) is 1. The van der Waals surface area contributed by atoms with Gasteiger partial charge in [0.2, 0.25) is 0 Å². The molecule has 1 N–H and O–H groups in total. The standard InChI is InChI=1S/C12H26N2.CH4O/c1-3-5-6-7-8-14-11-9-13(4-2)10-12-14;1-2/h3-12H2,1-2H3;2H,1H3. The monoisotopic (exact) mass is 230 g/mol. The van der Waals surface area contributed by atoms with Gasteiger partial charge >= 0.3 is 0 Å².